The summed E-state index contributed by atoms with van der Waals surface area (Å²) in [7, 11) is -3.98. The molecule has 0 aliphatic carbocycles. The van der Waals surface area contributed by atoms with Gasteiger partial charge in [-0.25, -0.2) is 5.14 Å². The second-order valence-corrected chi connectivity index (χ2v) is 6.77. The standard InChI is InChI=1S/C13H21N3O4S/c1-8-3-2-4-10(15-8)13(18)9-5-6-12(17)11(7-9)16-21(14,19)20/h5-8,10,13,15-18H,2-4H2,1H3,(H2,14,19,20). The summed E-state index contributed by atoms with van der Waals surface area (Å²) in [5.74, 6) is -0.245. The molecule has 8 heteroatoms. The van der Waals surface area contributed by atoms with Gasteiger partial charge < -0.3 is 15.5 Å². The summed E-state index contributed by atoms with van der Waals surface area (Å²) in [5, 5.41) is 28.3. The van der Waals surface area contributed by atoms with Crippen molar-refractivity contribution in [3.05, 3.63) is 23.8 Å². The SMILES string of the molecule is CC1CCCC(C(O)c2ccc(O)c(NS(N)(=O)=O)c2)N1. The van der Waals surface area contributed by atoms with Crippen molar-refractivity contribution in [2.75, 3.05) is 4.72 Å². The molecule has 1 aliphatic heterocycles. The number of phenols is 1. The van der Waals surface area contributed by atoms with Gasteiger partial charge in [0, 0.05) is 12.1 Å². The van der Waals surface area contributed by atoms with Crippen LogP contribution in [0.5, 0.6) is 5.75 Å². The van der Waals surface area contributed by atoms with Gasteiger partial charge in [-0.05, 0) is 37.5 Å². The van der Waals surface area contributed by atoms with Crippen LogP contribution in [-0.2, 0) is 10.2 Å². The molecule has 0 amide bonds. The molecule has 2 rings (SSSR count). The van der Waals surface area contributed by atoms with E-state index in [2.05, 4.69) is 12.2 Å². The fourth-order valence-corrected chi connectivity index (χ4v) is 3.10. The fourth-order valence-electron chi connectivity index (χ4n) is 2.63. The highest BCUT2D eigenvalue weighted by atomic mass is 32.2. The molecule has 0 radical (unpaired) electrons. The maximum absolute atomic E-state index is 11.1. The Hall–Kier alpha value is -1.35. The van der Waals surface area contributed by atoms with Crippen LogP contribution in [0.1, 0.15) is 37.9 Å². The van der Waals surface area contributed by atoms with Crippen molar-refractivity contribution in [1.82, 2.24) is 5.32 Å². The number of piperidine rings is 1. The van der Waals surface area contributed by atoms with Gasteiger partial charge in [0.2, 0.25) is 0 Å². The molecule has 6 N–H and O–H groups in total. The smallest absolute Gasteiger partial charge is 0.296 e. The van der Waals surface area contributed by atoms with E-state index in [0.29, 0.717) is 11.6 Å². The number of hydrogen-bond acceptors (Lipinski definition) is 5. The second-order valence-electron chi connectivity index (χ2n) is 5.47. The second kappa shape index (κ2) is 6.18. The maximum Gasteiger partial charge on any atom is 0.296 e. The molecular weight excluding hydrogens is 294 g/mol. The van der Waals surface area contributed by atoms with Gasteiger partial charge in [-0.3, -0.25) is 4.72 Å². The van der Waals surface area contributed by atoms with E-state index in [4.69, 9.17) is 5.14 Å². The molecule has 0 bridgehead atoms. The number of nitrogens with two attached hydrogens (primary N) is 1. The van der Waals surface area contributed by atoms with Crippen molar-refractivity contribution in [3.63, 3.8) is 0 Å². The number of aliphatic hydroxyl groups excluding tert-OH is 1. The third-order valence-corrected chi connectivity index (χ3v) is 4.15. The Morgan fingerprint density at radius 1 is 1.43 bits per heavy atom. The number of rotatable bonds is 4. The van der Waals surface area contributed by atoms with Crippen molar-refractivity contribution in [1.29, 1.82) is 0 Å². The van der Waals surface area contributed by atoms with Crippen LogP contribution in [0.3, 0.4) is 0 Å². The van der Waals surface area contributed by atoms with Gasteiger partial charge >= 0.3 is 0 Å². The summed E-state index contributed by atoms with van der Waals surface area (Å²) in [6.07, 6.45) is 2.15. The first-order valence-corrected chi connectivity index (χ1v) is 8.38. The van der Waals surface area contributed by atoms with Crippen LogP contribution in [0.4, 0.5) is 5.69 Å². The van der Waals surface area contributed by atoms with Crippen molar-refractivity contribution >= 4 is 15.9 Å². The van der Waals surface area contributed by atoms with Gasteiger partial charge in [0.05, 0.1) is 11.8 Å². The summed E-state index contributed by atoms with van der Waals surface area (Å²) >= 11 is 0. The molecule has 3 atom stereocenters. The Balaban J connectivity index is 2.21. The van der Waals surface area contributed by atoms with E-state index in [1.54, 1.807) is 6.07 Å². The average Bonchev–Trinajstić information content (AvgIpc) is 2.39. The van der Waals surface area contributed by atoms with Crippen LogP contribution in [-0.4, -0.2) is 30.7 Å². The molecule has 1 aromatic carbocycles. The van der Waals surface area contributed by atoms with Gasteiger partial charge in [0.15, 0.2) is 0 Å². The number of aromatic hydroxyl groups is 1. The summed E-state index contributed by atoms with van der Waals surface area (Å²) in [4.78, 5) is 0. The van der Waals surface area contributed by atoms with Crippen molar-refractivity contribution < 1.29 is 18.6 Å². The number of aliphatic hydroxyl groups is 1. The molecule has 0 spiro atoms. The summed E-state index contributed by atoms with van der Waals surface area (Å²) in [6.45, 7) is 2.06. The fraction of sp³-hybridized carbons (Fsp3) is 0.538. The van der Waals surface area contributed by atoms with E-state index in [1.807, 2.05) is 4.72 Å². The van der Waals surface area contributed by atoms with E-state index in [9.17, 15) is 18.6 Å². The quantitative estimate of drug-likeness (QED) is 0.520. The molecule has 1 aromatic rings. The molecule has 1 saturated heterocycles. The minimum Gasteiger partial charge on any atom is -0.506 e. The minimum atomic E-state index is -3.98. The molecule has 1 aliphatic rings. The molecule has 1 fully saturated rings. The molecule has 118 valence electrons. The maximum atomic E-state index is 11.1. The lowest BCUT2D eigenvalue weighted by Gasteiger charge is -2.32. The highest BCUT2D eigenvalue weighted by molar-refractivity contribution is 7.90. The summed E-state index contributed by atoms with van der Waals surface area (Å²) < 4.78 is 24.1. The Morgan fingerprint density at radius 3 is 2.76 bits per heavy atom. The van der Waals surface area contributed by atoms with E-state index < -0.39 is 16.3 Å². The average molecular weight is 315 g/mol. The lowest BCUT2D eigenvalue weighted by Crippen LogP contribution is -2.44. The molecule has 0 saturated carbocycles. The lowest BCUT2D eigenvalue weighted by molar-refractivity contribution is 0.104. The zero-order valence-electron chi connectivity index (χ0n) is 11.8. The zero-order chi connectivity index (χ0) is 15.6. The summed E-state index contributed by atoms with van der Waals surface area (Å²) in [6, 6.07) is 4.53. The first-order valence-electron chi connectivity index (χ1n) is 6.84. The van der Waals surface area contributed by atoms with Crippen LogP contribution in [0, 0.1) is 0 Å². The highest BCUT2D eigenvalue weighted by Crippen LogP contribution is 2.31. The van der Waals surface area contributed by atoms with Crippen LogP contribution >= 0.6 is 0 Å². The van der Waals surface area contributed by atoms with Gasteiger partial charge in [0.1, 0.15) is 5.75 Å². The molecule has 3 unspecified atom stereocenters. The number of benzene rings is 1. The Kier molecular flexibility index (Phi) is 4.72. The monoisotopic (exact) mass is 315 g/mol. The first kappa shape index (κ1) is 16.0. The van der Waals surface area contributed by atoms with Gasteiger partial charge in [-0.2, -0.15) is 8.42 Å². The zero-order valence-corrected chi connectivity index (χ0v) is 12.6. The Bertz CT molecular complexity index is 605. The number of hydrogen-bond donors (Lipinski definition) is 5. The van der Waals surface area contributed by atoms with E-state index in [1.165, 1.54) is 12.1 Å². The third kappa shape index (κ3) is 4.31. The largest absolute Gasteiger partial charge is 0.506 e. The topological polar surface area (TPSA) is 125 Å². The van der Waals surface area contributed by atoms with Gasteiger partial charge in [-0.1, -0.05) is 12.5 Å². The molecule has 7 nitrogen and oxygen atoms in total. The van der Waals surface area contributed by atoms with Gasteiger partial charge in [-0.15, -0.1) is 0 Å². The molecule has 1 heterocycles. The third-order valence-electron chi connectivity index (χ3n) is 3.65. The predicted octanol–water partition coefficient (Wildman–Crippen LogP) is 0.572. The highest BCUT2D eigenvalue weighted by Gasteiger charge is 2.26. The number of nitrogens with one attached hydrogen (secondary N) is 2. The van der Waals surface area contributed by atoms with E-state index >= 15 is 0 Å². The van der Waals surface area contributed by atoms with Crippen LogP contribution in [0.15, 0.2) is 18.2 Å². The van der Waals surface area contributed by atoms with E-state index in [-0.39, 0.29) is 17.5 Å². The minimum absolute atomic E-state index is 0.0436. The normalized spacial score (nSPS) is 24.5. The molecule has 0 aromatic heterocycles. The molecular formula is C13H21N3O4S. The predicted molar refractivity (Wildman–Crippen MR) is 80.0 cm³/mol. The van der Waals surface area contributed by atoms with Crippen LogP contribution in [0.2, 0.25) is 0 Å². The van der Waals surface area contributed by atoms with Crippen molar-refractivity contribution in [3.8, 4) is 5.75 Å². The van der Waals surface area contributed by atoms with Crippen molar-refractivity contribution in [2.24, 2.45) is 5.14 Å². The number of phenolic OH excluding ortho intramolecular Hbond substituents is 1. The Morgan fingerprint density at radius 2 is 2.14 bits per heavy atom. The number of anilines is 1. The summed E-state index contributed by atoms with van der Waals surface area (Å²) in [5.41, 5.74) is 0.475. The lowest BCUT2D eigenvalue weighted by atomic mass is 9.92. The first-order chi connectivity index (χ1) is 9.76. The van der Waals surface area contributed by atoms with Crippen LogP contribution in [0.25, 0.3) is 0 Å². The Labute approximate surface area is 124 Å². The molecule has 21 heavy (non-hydrogen) atoms. The van der Waals surface area contributed by atoms with Crippen LogP contribution < -0.4 is 15.2 Å². The van der Waals surface area contributed by atoms with Gasteiger partial charge in [0.25, 0.3) is 10.2 Å². The van der Waals surface area contributed by atoms with E-state index in [0.717, 1.165) is 19.3 Å². The van der Waals surface area contributed by atoms with Crippen molar-refractivity contribution in [2.45, 2.75) is 44.4 Å².